The van der Waals surface area contributed by atoms with Gasteiger partial charge >= 0.3 is 12.1 Å². The largest absolute Gasteiger partial charge is 0.516 e. The molecule has 2 aromatic rings. The normalized spacial score (nSPS) is 12.1. The summed E-state index contributed by atoms with van der Waals surface area (Å²) in [6.45, 7) is 11.3. The molecule has 6 heteroatoms. The van der Waals surface area contributed by atoms with Gasteiger partial charge in [-0.2, -0.15) is 0 Å². The number of nitrogens with zero attached hydrogens (tertiary/aromatic N) is 2. The van der Waals surface area contributed by atoms with Crippen molar-refractivity contribution in [3.05, 3.63) is 30.1 Å². The Morgan fingerprint density at radius 2 is 1.83 bits per heavy atom. The molecule has 2 aromatic heterocycles. The number of hydrogen-bond acceptors (Lipinski definition) is 6. The van der Waals surface area contributed by atoms with Crippen LogP contribution in [-0.4, -0.2) is 21.9 Å². The molecule has 124 valence electrons. The second kappa shape index (κ2) is 6.02. The SMILES string of the molecule is CC(C)(C)OC(=O)Oc1onc(C(C)(C)C)c1-c1ccccn1. The van der Waals surface area contributed by atoms with E-state index in [1.54, 1.807) is 27.0 Å². The van der Waals surface area contributed by atoms with Gasteiger partial charge in [0.25, 0.3) is 0 Å². The van der Waals surface area contributed by atoms with Gasteiger partial charge in [-0.15, -0.1) is 0 Å². The summed E-state index contributed by atoms with van der Waals surface area (Å²) in [4.78, 5) is 16.2. The van der Waals surface area contributed by atoms with Crippen LogP contribution in [0.2, 0.25) is 0 Å². The third-order valence-electron chi connectivity index (χ3n) is 2.86. The fraction of sp³-hybridized carbons (Fsp3) is 0.471. The van der Waals surface area contributed by atoms with Crippen LogP contribution in [-0.2, 0) is 10.2 Å². The van der Waals surface area contributed by atoms with E-state index in [-0.39, 0.29) is 11.4 Å². The molecule has 0 N–H and O–H groups in total. The number of rotatable bonds is 2. The molecule has 0 radical (unpaired) electrons. The van der Waals surface area contributed by atoms with Gasteiger partial charge in [0.15, 0.2) is 0 Å². The third kappa shape index (κ3) is 4.31. The maximum atomic E-state index is 11.9. The molecule has 0 aromatic carbocycles. The highest BCUT2D eigenvalue weighted by molar-refractivity contribution is 5.72. The summed E-state index contributed by atoms with van der Waals surface area (Å²) in [6.07, 6.45) is 0.817. The molecule has 0 aliphatic heterocycles. The smallest absolute Gasteiger partial charge is 0.428 e. The highest BCUT2D eigenvalue weighted by atomic mass is 16.8. The predicted molar refractivity (Wildman–Crippen MR) is 85.3 cm³/mol. The van der Waals surface area contributed by atoms with E-state index >= 15 is 0 Å². The van der Waals surface area contributed by atoms with Gasteiger partial charge in [-0.1, -0.05) is 32.0 Å². The molecular formula is C17H22N2O4. The van der Waals surface area contributed by atoms with Crippen LogP contribution in [0.15, 0.2) is 28.9 Å². The topological polar surface area (TPSA) is 74.5 Å². The van der Waals surface area contributed by atoms with Crippen molar-refractivity contribution in [2.75, 3.05) is 0 Å². The van der Waals surface area contributed by atoms with Crippen molar-refractivity contribution in [1.82, 2.24) is 10.1 Å². The molecule has 0 atom stereocenters. The van der Waals surface area contributed by atoms with Gasteiger partial charge in [0.2, 0.25) is 0 Å². The number of carbonyl (C=O) groups excluding carboxylic acids is 1. The Hall–Kier alpha value is -2.37. The number of aromatic nitrogens is 2. The van der Waals surface area contributed by atoms with Crippen LogP contribution in [0.3, 0.4) is 0 Å². The van der Waals surface area contributed by atoms with Gasteiger partial charge in [-0.05, 0) is 32.9 Å². The number of hydrogen-bond donors (Lipinski definition) is 0. The van der Waals surface area contributed by atoms with Crippen LogP contribution >= 0.6 is 0 Å². The second-order valence-corrected chi connectivity index (χ2v) is 7.23. The fourth-order valence-electron chi connectivity index (χ4n) is 1.94. The van der Waals surface area contributed by atoms with Crippen molar-refractivity contribution in [1.29, 1.82) is 0 Å². The molecule has 0 amide bonds. The number of pyridine rings is 1. The highest BCUT2D eigenvalue weighted by Gasteiger charge is 2.31. The van der Waals surface area contributed by atoms with Gasteiger partial charge in [0, 0.05) is 11.6 Å². The lowest BCUT2D eigenvalue weighted by atomic mass is 9.88. The van der Waals surface area contributed by atoms with Gasteiger partial charge in [-0.3, -0.25) is 4.98 Å². The van der Waals surface area contributed by atoms with Crippen molar-refractivity contribution in [2.45, 2.75) is 52.6 Å². The Morgan fingerprint density at radius 3 is 2.35 bits per heavy atom. The minimum Gasteiger partial charge on any atom is -0.428 e. The summed E-state index contributed by atoms with van der Waals surface area (Å²) < 4.78 is 15.6. The number of carbonyl (C=O) groups is 1. The van der Waals surface area contributed by atoms with E-state index in [1.165, 1.54) is 0 Å². The van der Waals surface area contributed by atoms with E-state index in [1.807, 2.05) is 39.0 Å². The Bertz CT molecular complexity index is 679. The van der Waals surface area contributed by atoms with Crippen molar-refractivity contribution in [3.8, 4) is 17.2 Å². The van der Waals surface area contributed by atoms with Gasteiger partial charge in [0.05, 0.1) is 5.69 Å². The molecule has 0 aliphatic rings. The van der Waals surface area contributed by atoms with E-state index in [0.29, 0.717) is 17.0 Å². The van der Waals surface area contributed by atoms with Crippen LogP contribution in [0.1, 0.15) is 47.2 Å². The van der Waals surface area contributed by atoms with Crippen molar-refractivity contribution in [2.24, 2.45) is 0 Å². The first kappa shape index (κ1) is 17.0. The van der Waals surface area contributed by atoms with E-state index in [0.717, 1.165) is 0 Å². The monoisotopic (exact) mass is 318 g/mol. The lowest BCUT2D eigenvalue weighted by Crippen LogP contribution is -2.26. The quantitative estimate of drug-likeness (QED) is 0.766. The molecule has 23 heavy (non-hydrogen) atoms. The van der Waals surface area contributed by atoms with Crippen molar-refractivity contribution in [3.63, 3.8) is 0 Å². The van der Waals surface area contributed by atoms with Gasteiger partial charge in [0.1, 0.15) is 16.9 Å². The second-order valence-electron chi connectivity index (χ2n) is 7.23. The zero-order valence-electron chi connectivity index (χ0n) is 14.3. The summed E-state index contributed by atoms with van der Waals surface area (Å²) in [7, 11) is 0. The molecule has 0 fully saturated rings. The first-order valence-corrected chi connectivity index (χ1v) is 7.40. The summed E-state index contributed by atoms with van der Waals surface area (Å²) in [5.74, 6) is -0.0112. The predicted octanol–water partition coefficient (Wildman–Crippen LogP) is 4.35. The van der Waals surface area contributed by atoms with E-state index in [4.69, 9.17) is 14.0 Å². The van der Waals surface area contributed by atoms with Crippen LogP contribution < -0.4 is 4.74 Å². The molecule has 0 saturated heterocycles. The lowest BCUT2D eigenvalue weighted by molar-refractivity contribution is 0.0147. The van der Waals surface area contributed by atoms with Crippen LogP contribution in [0.5, 0.6) is 5.95 Å². The van der Waals surface area contributed by atoms with Crippen LogP contribution in [0, 0.1) is 0 Å². The minimum atomic E-state index is -0.841. The summed E-state index contributed by atoms with van der Waals surface area (Å²) in [5, 5.41) is 4.07. The van der Waals surface area contributed by atoms with Crippen molar-refractivity contribution >= 4 is 6.16 Å². The summed E-state index contributed by atoms with van der Waals surface area (Å²) in [5.41, 5.74) is 0.886. The molecule has 2 heterocycles. The maximum Gasteiger partial charge on any atom is 0.516 e. The standard InChI is InChI=1S/C17H22N2O4/c1-16(2,3)13-12(11-9-7-8-10-18-11)14(23-19-13)21-15(20)22-17(4,5)6/h7-10H,1-6H3. The molecule has 0 bridgehead atoms. The Kier molecular flexibility index (Phi) is 4.45. The number of ether oxygens (including phenoxy) is 2. The molecule has 0 unspecified atom stereocenters. The molecule has 2 rings (SSSR count). The van der Waals surface area contributed by atoms with Crippen molar-refractivity contribution < 1.29 is 18.8 Å². The zero-order chi connectivity index (χ0) is 17.3. The first-order chi connectivity index (χ1) is 10.6. The zero-order valence-corrected chi connectivity index (χ0v) is 14.3. The molecule has 0 saturated carbocycles. The Morgan fingerprint density at radius 1 is 1.13 bits per heavy atom. The lowest BCUT2D eigenvalue weighted by Gasteiger charge is -2.18. The Labute approximate surface area is 135 Å². The summed E-state index contributed by atoms with van der Waals surface area (Å²) >= 11 is 0. The molecule has 0 spiro atoms. The van der Waals surface area contributed by atoms with Gasteiger partial charge < -0.3 is 14.0 Å². The average Bonchev–Trinajstić information content (AvgIpc) is 2.81. The molecular weight excluding hydrogens is 296 g/mol. The van der Waals surface area contributed by atoms with E-state index in [9.17, 15) is 4.79 Å². The molecule has 0 aliphatic carbocycles. The van der Waals surface area contributed by atoms with Crippen LogP contribution in [0.25, 0.3) is 11.3 Å². The van der Waals surface area contributed by atoms with Crippen LogP contribution in [0.4, 0.5) is 4.79 Å². The maximum absolute atomic E-state index is 11.9. The van der Waals surface area contributed by atoms with E-state index in [2.05, 4.69) is 10.1 Å². The summed E-state index contributed by atoms with van der Waals surface area (Å²) in [6, 6.07) is 5.46. The fourth-order valence-corrected chi connectivity index (χ4v) is 1.94. The average molecular weight is 318 g/mol. The minimum absolute atomic E-state index is 0.0112. The first-order valence-electron chi connectivity index (χ1n) is 7.40. The third-order valence-corrected chi connectivity index (χ3v) is 2.86. The Balaban J connectivity index is 2.41. The molecule has 6 nitrogen and oxygen atoms in total. The highest BCUT2D eigenvalue weighted by Crippen LogP contribution is 2.38. The van der Waals surface area contributed by atoms with Gasteiger partial charge in [-0.25, -0.2) is 4.79 Å². The van der Waals surface area contributed by atoms with E-state index < -0.39 is 11.8 Å².